The SMILES string of the molecule is NC=S.[Ru+2]. The molecule has 0 aromatic rings. The van der Waals surface area contributed by atoms with E-state index in [-0.39, 0.29) is 19.5 Å². The molecule has 2 N–H and O–H groups in total. The number of thiocarbonyl (C=S) groups is 1. The predicted molar refractivity (Wildman–Crippen MR) is 17.8 cm³/mol. The van der Waals surface area contributed by atoms with E-state index in [0.717, 1.165) is 5.49 Å². The van der Waals surface area contributed by atoms with Gasteiger partial charge in [-0.15, -0.1) is 0 Å². The molecule has 0 amide bonds. The first-order chi connectivity index (χ1) is 1.41. The molecule has 0 aliphatic heterocycles. The molecule has 0 radical (unpaired) electrons. The molecule has 0 atom stereocenters. The van der Waals surface area contributed by atoms with Crippen molar-refractivity contribution in [1.82, 2.24) is 0 Å². The molecule has 0 rings (SSSR count). The van der Waals surface area contributed by atoms with Crippen molar-refractivity contribution in [1.29, 1.82) is 0 Å². The first kappa shape index (κ1) is 8.82. The molecule has 0 saturated carbocycles. The summed E-state index contributed by atoms with van der Waals surface area (Å²) in [5.41, 5.74) is 5.62. The second-order valence-electron chi connectivity index (χ2n) is 0.136. The van der Waals surface area contributed by atoms with Crippen molar-refractivity contribution in [3.05, 3.63) is 0 Å². The molecule has 0 spiro atoms. The van der Waals surface area contributed by atoms with Crippen LogP contribution in [0.25, 0.3) is 0 Å². The quantitative estimate of drug-likeness (QED) is 0.397. The number of nitrogens with two attached hydrogens (primary N) is 1. The molecule has 3 heteroatoms. The molecule has 4 heavy (non-hydrogen) atoms. The van der Waals surface area contributed by atoms with Crippen LogP contribution in [-0.2, 0) is 19.5 Å². The van der Waals surface area contributed by atoms with Crippen LogP contribution in [0, 0.1) is 0 Å². The summed E-state index contributed by atoms with van der Waals surface area (Å²) < 4.78 is 0. The Bertz CT molecular complexity index is 15.5. The van der Waals surface area contributed by atoms with Crippen molar-refractivity contribution >= 4 is 17.7 Å². The van der Waals surface area contributed by atoms with Gasteiger partial charge in [-0.3, -0.25) is 0 Å². The van der Waals surface area contributed by atoms with Gasteiger partial charge in [0.05, 0.1) is 5.49 Å². The predicted octanol–water partition coefficient (Wildman–Crippen LogP) is -0.100. The minimum atomic E-state index is 0. The van der Waals surface area contributed by atoms with Gasteiger partial charge >= 0.3 is 19.5 Å². The van der Waals surface area contributed by atoms with E-state index in [1.165, 1.54) is 0 Å². The maximum absolute atomic E-state index is 4.54. The van der Waals surface area contributed by atoms with Crippen molar-refractivity contribution in [3.8, 4) is 0 Å². The first-order valence-electron chi connectivity index (χ1n) is 0.569. The van der Waals surface area contributed by atoms with Crippen LogP contribution in [0.4, 0.5) is 0 Å². The van der Waals surface area contributed by atoms with Gasteiger partial charge in [0.2, 0.25) is 0 Å². The van der Waals surface area contributed by atoms with Gasteiger partial charge in [0.15, 0.2) is 0 Å². The fourth-order valence-electron chi connectivity index (χ4n) is 0. The molecule has 1 nitrogen and oxygen atoms in total. The van der Waals surface area contributed by atoms with E-state index in [1.807, 2.05) is 0 Å². The molecule has 0 aromatic heterocycles. The second-order valence-corrected chi connectivity index (χ2v) is 0.408. The number of hydrogen-bond acceptors (Lipinski definition) is 1. The second kappa shape index (κ2) is 9.69. The topological polar surface area (TPSA) is 26.0 Å². The minimum Gasteiger partial charge on any atom is -0.396 e. The average Bonchev–Trinajstić information content (AvgIpc) is 0.918. The molecule has 0 aliphatic carbocycles. The fraction of sp³-hybridized carbons (Fsp3) is 0. The zero-order chi connectivity index (χ0) is 2.71. The molecular formula is CH3NRuS+2. The van der Waals surface area contributed by atoms with E-state index in [0.29, 0.717) is 0 Å². The maximum atomic E-state index is 4.54. The van der Waals surface area contributed by atoms with E-state index in [1.54, 1.807) is 0 Å². The third-order valence-electron chi connectivity index (χ3n) is 0. The van der Waals surface area contributed by atoms with Crippen LogP contribution in [0.3, 0.4) is 0 Å². The van der Waals surface area contributed by atoms with Crippen molar-refractivity contribution in [2.75, 3.05) is 0 Å². The first-order valence-corrected chi connectivity index (χ1v) is 1.04. The molecule has 24 valence electrons. The fourth-order valence-corrected chi connectivity index (χ4v) is 0. The Balaban J connectivity index is 0. The van der Waals surface area contributed by atoms with Gasteiger partial charge in [0, 0.05) is 0 Å². The monoisotopic (exact) mass is 163 g/mol. The van der Waals surface area contributed by atoms with Crippen LogP contribution in [0.15, 0.2) is 0 Å². The summed E-state index contributed by atoms with van der Waals surface area (Å²) in [4.78, 5) is 0. The van der Waals surface area contributed by atoms with Crippen molar-refractivity contribution in [2.45, 2.75) is 0 Å². The van der Waals surface area contributed by atoms with Gasteiger partial charge in [-0.2, -0.15) is 0 Å². The van der Waals surface area contributed by atoms with Gasteiger partial charge in [0.1, 0.15) is 0 Å². The summed E-state index contributed by atoms with van der Waals surface area (Å²) in [5, 5.41) is 0. The van der Waals surface area contributed by atoms with Gasteiger partial charge in [-0.25, -0.2) is 0 Å². The van der Waals surface area contributed by atoms with Gasteiger partial charge in [-0.1, -0.05) is 12.2 Å². The molecule has 0 unspecified atom stereocenters. The molecule has 0 heterocycles. The molecule has 0 bridgehead atoms. The van der Waals surface area contributed by atoms with Crippen molar-refractivity contribution in [3.63, 3.8) is 0 Å². The van der Waals surface area contributed by atoms with E-state index in [4.69, 9.17) is 0 Å². The zero-order valence-electron chi connectivity index (χ0n) is 1.92. The van der Waals surface area contributed by atoms with Crippen LogP contribution in [0.5, 0.6) is 0 Å². The number of hydrogen-bond donors (Lipinski definition) is 1. The Kier molecular flexibility index (Phi) is 21.4. The van der Waals surface area contributed by atoms with Gasteiger partial charge in [-0.05, 0) is 0 Å². The van der Waals surface area contributed by atoms with Crippen molar-refractivity contribution < 1.29 is 19.5 Å². The van der Waals surface area contributed by atoms with Crippen LogP contribution in [-0.4, -0.2) is 5.49 Å². The smallest absolute Gasteiger partial charge is 0.396 e. The molecular weight excluding hydrogens is 159 g/mol. The minimum absolute atomic E-state index is 0. The Morgan fingerprint density at radius 2 is 1.75 bits per heavy atom. The van der Waals surface area contributed by atoms with Crippen LogP contribution >= 0.6 is 12.2 Å². The zero-order valence-corrected chi connectivity index (χ0v) is 4.47. The summed E-state index contributed by atoms with van der Waals surface area (Å²) in [6.45, 7) is 0. The molecule has 0 saturated heterocycles. The third-order valence-corrected chi connectivity index (χ3v) is 0. The number of rotatable bonds is 0. The molecule has 0 aliphatic rings. The van der Waals surface area contributed by atoms with Crippen molar-refractivity contribution in [2.24, 2.45) is 5.73 Å². The van der Waals surface area contributed by atoms with E-state index >= 15 is 0 Å². The Hall–Kier alpha value is 0.513. The van der Waals surface area contributed by atoms with Crippen LogP contribution < -0.4 is 5.73 Å². The van der Waals surface area contributed by atoms with Crippen LogP contribution in [0.1, 0.15) is 0 Å². The molecule has 0 fully saturated rings. The van der Waals surface area contributed by atoms with Gasteiger partial charge < -0.3 is 5.73 Å². The van der Waals surface area contributed by atoms with E-state index in [2.05, 4.69) is 18.0 Å². The van der Waals surface area contributed by atoms with Crippen LogP contribution in [0.2, 0.25) is 0 Å². The largest absolute Gasteiger partial charge is 2.00 e. The Labute approximate surface area is 43.3 Å². The Morgan fingerprint density at radius 3 is 1.75 bits per heavy atom. The normalized spacial score (nSPS) is 3.00. The van der Waals surface area contributed by atoms with Gasteiger partial charge in [0.25, 0.3) is 0 Å². The summed E-state index contributed by atoms with van der Waals surface area (Å²) in [7, 11) is 0. The summed E-state index contributed by atoms with van der Waals surface area (Å²) in [6.07, 6.45) is 0. The third kappa shape index (κ3) is 21.8. The Morgan fingerprint density at radius 1 is 1.75 bits per heavy atom. The summed E-state index contributed by atoms with van der Waals surface area (Å²) >= 11 is 4.05. The van der Waals surface area contributed by atoms with E-state index < -0.39 is 0 Å². The molecule has 0 aromatic carbocycles. The standard InChI is InChI=1S/CH3NS.Ru/c2-1-3;/h1H,(H2,2,3);/q;+2. The van der Waals surface area contributed by atoms with E-state index in [9.17, 15) is 0 Å². The summed E-state index contributed by atoms with van der Waals surface area (Å²) in [5.74, 6) is 0. The summed E-state index contributed by atoms with van der Waals surface area (Å²) in [6, 6.07) is 0. The average molecular weight is 162 g/mol. The maximum Gasteiger partial charge on any atom is 2.00 e.